The molecule has 0 amide bonds. The molecule has 0 radical (unpaired) electrons. The van der Waals surface area contributed by atoms with E-state index < -0.39 is 0 Å². The van der Waals surface area contributed by atoms with Crippen LogP contribution in [0.2, 0.25) is 0 Å². The van der Waals surface area contributed by atoms with Crippen molar-refractivity contribution in [2.45, 2.75) is 19.5 Å². The molecule has 0 saturated carbocycles. The Labute approximate surface area is 165 Å². The molecule has 0 aliphatic heterocycles. The van der Waals surface area contributed by atoms with E-state index in [1.807, 2.05) is 24.4 Å². The molecule has 5 rings (SSSR count). The zero-order valence-electron chi connectivity index (χ0n) is 15.7. The van der Waals surface area contributed by atoms with Gasteiger partial charge in [-0.2, -0.15) is 5.10 Å². The maximum absolute atomic E-state index is 9.07. The van der Waals surface area contributed by atoms with Crippen LogP contribution in [0.4, 0.5) is 0 Å². The summed E-state index contributed by atoms with van der Waals surface area (Å²) in [6.45, 7) is 2.51. The smallest absolute Gasteiger partial charge is 0.182 e. The number of aliphatic hydroxyl groups is 1. The van der Waals surface area contributed by atoms with E-state index in [4.69, 9.17) is 5.11 Å². The number of hydrogen-bond acceptors (Lipinski definition) is 7. The lowest BCUT2D eigenvalue weighted by atomic mass is 10.1. The first-order valence-electron chi connectivity index (χ1n) is 9.29. The minimum Gasteiger partial charge on any atom is -0.394 e. The molecule has 144 valence electrons. The molecule has 1 atom stereocenters. The summed E-state index contributed by atoms with van der Waals surface area (Å²) in [6, 6.07) is 10.1. The van der Waals surface area contributed by atoms with Crippen molar-refractivity contribution >= 4 is 22.1 Å². The van der Waals surface area contributed by atoms with Gasteiger partial charge in [0.25, 0.3) is 0 Å². The number of rotatable bonds is 5. The molecule has 5 aromatic rings. The summed E-state index contributed by atoms with van der Waals surface area (Å²) < 4.78 is 3.46. The van der Waals surface area contributed by atoms with Gasteiger partial charge in [-0.25, -0.2) is 14.6 Å². The molecule has 0 unspecified atom stereocenters. The fourth-order valence-corrected chi connectivity index (χ4v) is 3.34. The Morgan fingerprint density at radius 1 is 1.10 bits per heavy atom. The van der Waals surface area contributed by atoms with Gasteiger partial charge in [-0.1, -0.05) is 17.3 Å². The van der Waals surface area contributed by atoms with Gasteiger partial charge in [0.15, 0.2) is 17.0 Å². The summed E-state index contributed by atoms with van der Waals surface area (Å²) in [5, 5.41) is 22.9. The first-order valence-corrected chi connectivity index (χ1v) is 9.29. The van der Waals surface area contributed by atoms with Gasteiger partial charge < -0.3 is 5.11 Å². The molecular formula is C20H18N8O. The highest BCUT2D eigenvalue weighted by Gasteiger charge is 2.17. The van der Waals surface area contributed by atoms with Gasteiger partial charge in [0.1, 0.15) is 0 Å². The number of nitrogens with zero attached hydrogens (tertiary/aromatic N) is 8. The summed E-state index contributed by atoms with van der Waals surface area (Å²) in [7, 11) is 0. The van der Waals surface area contributed by atoms with Crippen LogP contribution in [0.15, 0.2) is 55.1 Å². The first kappa shape index (κ1) is 17.4. The highest BCUT2D eigenvalue weighted by Crippen LogP contribution is 2.25. The van der Waals surface area contributed by atoms with Crippen molar-refractivity contribution in [1.82, 2.24) is 39.7 Å². The van der Waals surface area contributed by atoms with E-state index in [-0.39, 0.29) is 12.6 Å². The minimum atomic E-state index is -0.0653. The minimum absolute atomic E-state index is 0.0243. The van der Waals surface area contributed by atoms with Gasteiger partial charge in [-0.15, -0.1) is 5.10 Å². The number of fused-ring (bicyclic) bond motifs is 2. The van der Waals surface area contributed by atoms with Crippen molar-refractivity contribution in [3.63, 3.8) is 0 Å². The maximum Gasteiger partial charge on any atom is 0.182 e. The molecule has 0 saturated heterocycles. The molecule has 0 aliphatic rings. The van der Waals surface area contributed by atoms with Crippen LogP contribution in [-0.4, -0.2) is 51.4 Å². The van der Waals surface area contributed by atoms with Gasteiger partial charge >= 0.3 is 0 Å². The average molecular weight is 386 g/mol. The van der Waals surface area contributed by atoms with Gasteiger partial charge in [0.05, 0.1) is 42.7 Å². The van der Waals surface area contributed by atoms with Crippen molar-refractivity contribution in [3.05, 3.63) is 60.7 Å². The predicted molar refractivity (Wildman–Crippen MR) is 107 cm³/mol. The predicted octanol–water partition coefficient (Wildman–Crippen LogP) is 2.23. The molecule has 0 aliphatic carbocycles. The van der Waals surface area contributed by atoms with Crippen molar-refractivity contribution in [1.29, 1.82) is 0 Å². The van der Waals surface area contributed by atoms with E-state index in [1.165, 1.54) is 0 Å². The van der Waals surface area contributed by atoms with Crippen LogP contribution in [-0.2, 0) is 6.54 Å². The topological polar surface area (TPSA) is 107 Å². The molecule has 0 bridgehead atoms. The number of aromatic nitrogens is 8. The van der Waals surface area contributed by atoms with Crippen LogP contribution in [0.25, 0.3) is 33.5 Å². The molecule has 0 fully saturated rings. The van der Waals surface area contributed by atoms with Crippen molar-refractivity contribution in [2.24, 2.45) is 0 Å². The van der Waals surface area contributed by atoms with E-state index in [1.54, 1.807) is 28.0 Å². The van der Waals surface area contributed by atoms with Crippen LogP contribution in [0.5, 0.6) is 0 Å². The summed E-state index contributed by atoms with van der Waals surface area (Å²) in [5.74, 6) is 0.542. The summed E-state index contributed by atoms with van der Waals surface area (Å²) in [5.41, 5.74) is 4.11. The number of benzene rings is 1. The molecule has 9 nitrogen and oxygen atoms in total. The van der Waals surface area contributed by atoms with E-state index >= 15 is 0 Å². The van der Waals surface area contributed by atoms with Crippen LogP contribution in [0.3, 0.4) is 0 Å². The lowest BCUT2D eigenvalue weighted by Crippen LogP contribution is -2.10. The van der Waals surface area contributed by atoms with E-state index in [2.05, 4.69) is 49.4 Å². The highest BCUT2D eigenvalue weighted by molar-refractivity contribution is 5.79. The number of hydrogen-bond donors (Lipinski definition) is 1. The Balaban J connectivity index is 1.55. The largest absolute Gasteiger partial charge is 0.394 e. The molecule has 1 N–H and O–H groups in total. The second kappa shape index (κ2) is 7.02. The zero-order valence-corrected chi connectivity index (χ0v) is 15.7. The summed E-state index contributed by atoms with van der Waals surface area (Å²) in [4.78, 5) is 13.4. The van der Waals surface area contributed by atoms with E-state index in [0.717, 1.165) is 22.0 Å². The quantitative estimate of drug-likeness (QED) is 0.493. The third kappa shape index (κ3) is 3.11. The molecule has 0 spiro atoms. The molecule has 4 aromatic heterocycles. The molecule has 9 heteroatoms. The Morgan fingerprint density at radius 3 is 2.93 bits per heavy atom. The Hall–Kier alpha value is -3.72. The second-order valence-electron chi connectivity index (χ2n) is 6.78. The Bertz CT molecular complexity index is 1310. The molecular weight excluding hydrogens is 368 g/mol. The number of pyridine rings is 1. The van der Waals surface area contributed by atoms with Crippen molar-refractivity contribution in [2.75, 3.05) is 6.61 Å². The van der Waals surface area contributed by atoms with E-state index in [0.29, 0.717) is 23.5 Å². The third-order valence-corrected chi connectivity index (χ3v) is 4.91. The van der Waals surface area contributed by atoms with Crippen LogP contribution in [0.1, 0.15) is 18.5 Å². The van der Waals surface area contributed by atoms with Crippen LogP contribution >= 0.6 is 0 Å². The highest BCUT2D eigenvalue weighted by atomic mass is 16.3. The van der Waals surface area contributed by atoms with Gasteiger partial charge in [0.2, 0.25) is 0 Å². The average Bonchev–Trinajstić information content (AvgIpc) is 3.40. The lowest BCUT2D eigenvalue weighted by molar-refractivity contribution is 0.269. The summed E-state index contributed by atoms with van der Waals surface area (Å²) >= 11 is 0. The summed E-state index contributed by atoms with van der Waals surface area (Å²) in [6.07, 6.45) is 6.95. The normalized spacial score (nSPS) is 12.6. The second-order valence-corrected chi connectivity index (χ2v) is 6.78. The van der Waals surface area contributed by atoms with Crippen LogP contribution < -0.4 is 0 Å². The third-order valence-electron chi connectivity index (χ3n) is 4.91. The maximum atomic E-state index is 9.07. The Kier molecular flexibility index (Phi) is 4.21. The monoisotopic (exact) mass is 386 g/mol. The van der Waals surface area contributed by atoms with Gasteiger partial charge in [-0.05, 0) is 30.7 Å². The standard InChI is InChI=1S/C20H18N8O/c1-13(14-4-5-17-15(9-14)3-2-6-21-17)28-20-18(25-26-28)11-22-19(24-20)16-10-23-27(12-16)7-8-29/h2-6,9-13,29H,7-8H2,1H3/t13-/m0/s1. The fourth-order valence-electron chi connectivity index (χ4n) is 3.34. The van der Waals surface area contributed by atoms with Crippen molar-refractivity contribution in [3.8, 4) is 11.4 Å². The molecule has 1 aromatic carbocycles. The zero-order chi connectivity index (χ0) is 19.8. The molecule has 29 heavy (non-hydrogen) atoms. The van der Waals surface area contributed by atoms with Gasteiger partial charge in [-0.3, -0.25) is 9.67 Å². The fraction of sp³-hybridized carbons (Fsp3) is 0.200. The van der Waals surface area contributed by atoms with Crippen molar-refractivity contribution < 1.29 is 5.11 Å². The van der Waals surface area contributed by atoms with E-state index in [9.17, 15) is 0 Å². The SMILES string of the molecule is C[C@@H](c1ccc2ncccc2c1)n1nnc2cnc(-c3cnn(CCO)c3)nc21. The molecule has 4 heterocycles. The first-order chi connectivity index (χ1) is 14.2. The van der Waals surface area contributed by atoms with Crippen LogP contribution in [0, 0.1) is 0 Å². The Morgan fingerprint density at radius 2 is 2.03 bits per heavy atom. The van der Waals surface area contributed by atoms with Gasteiger partial charge in [0, 0.05) is 17.8 Å². The number of aliphatic hydroxyl groups excluding tert-OH is 1. The lowest BCUT2D eigenvalue weighted by Gasteiger charge is -2.13.